The molecule has 0 saturated carbocycles. The van der Waals surface area contributed by atoms with Crippen LogP contribution in [0, 0.1) is 0 Å². The van der Waals surface area contributed by atoms with E-state index in [4.69, 9.17) is 5.11 Å². The van der Waals surface area contributed by atoms with E-state index in [1.54, 1.807) is 14.0 Å². The minimum Gasteiger partial charge on any atom is -0.392 e. The van der Waals surface area contributed by atoms with Crippen molar-refractivity contribution in [1.82, 2.24) is 14.9 Å². The van der Waals surface area contributed by atoms with Crippen LogP contribution >= 0.6 is 0 Å². The molecular weight excluding hydrogens is 198 g/mol. The lowest BCUT2D eigenvalue weighted by atomic mass is 10.3. The molecule has 1 amide bonds. The Morgan fingerprint density at radius 3 is 2.87 bits per heavy atom. The fourth-order valence-corrected chi connectivity index (χ4v) is 1.13. The highest BCUT2D eigenvalue weighted by atomic mass is 16.3. The van der Waals surface area contributed by atoms with E-state index in [2.05, 4.69) is 9.97 Å². The normalized spacial score (nSPS) is 12.2. The lowest BCUT2D eigenvalue weighted by Crippen LogP contribution is -2.33. The Morgan fingerprint density at radius 2 is 2.40 bits per heavy atom. The molecule has 0 aromatic carbocycles. The third-order valence-corrected chi connectivity index (χ3v) is 1.78. The highest BCUT2D eigenvalue weighted by Crippen LogP contribution is 1.97. The van der Waals surface area contributed by atoms with Gasteiger partial charge in [-0.05, 0) is 6.92 Å². The first-order valence-electron chi connectivity index (χ1n) is 4.49. The first-order valence-corrected chi connectivity index (χ1v) is 4.49. The number of H-pyrrole nitrogens is 1. The molecule has 0 aliphatic carbocycles. The molecule has 15 heavy (non-hydrogen) atoms. The van der Waals surface area contributed by atoms with Crippen LogP contribution in [0.5, 0.6) is 0 Å². The molecule has 0 radical (unpaired) electrons. The fourth-order valence-electron chi connectivity index (χ4n) is 1.13. The molecule has 1 atom stereocenters. The molecule has 82 valence electrons. The fraction of sp³-hybridized carbons (Fsp3) is 0.444. The van der Waals surface area contributed by atoms with E-state index in [0.717, 1.165) is 6.20 Å². The van der Waals surface area contributed by atoms with Crippen molar-refractivity contribution in [2.75, 3.05) is 13.6 Å². The van der Waals surface area contributed by atoms with Gasteiger partial charge in [0.2, 0.25) is 0 Å². The van der Waals surface area contributed by atoms with Crippen molar-refractivity contribution in [2.24, 2.45) is 0 Å². The number of nitrogens with one attached hydrogen (secondary N) is 1. The van der Waals surface area contributed by atoms with Crippen LogP contribution in [0.25, 0.3) is 0 Å². The van der Waals surface area contributed by atoms with Crippen molar-refractivity contribution in [3.63, 3.8) is 0 Å². The van der Waals surface area contributed by atoms with E-state index in [1.807, 2.05) is 0 Å². The van der Waals surface area contributed by atoms with Crippen LogP contribution in [0.1, 0.15) is 17.4 Å². The maximum atomic E-state index is 11.6. The van der Waals surface area contributed by atoms with Gasteiger partial charge in [-0.3, -0.25) is 9.59 Å². The number of hydrogen-bond donors (Lipinski definition) is 2. The van der Waals surface area contributed by atoms with Gasteiger partial charge >= 0.3 is 0 Å². The zero-order valence-electron chi connectivity index (χ0n) is 8.60. The molecule has 1 rings (SSSR count). The Labute approximate surface area is 86.6 Å². The number of likely N-dealkylation sites (N-methyl/N-ethyl adjacent to an activating group) is 1. The highest BCUT2D eigenvalue weighted by Gasteiger charge is 2.14. The minimum atomic E-state index is -0.596. The van der Waals surface area contributed by atoms with Crippen LogP contribution in [0.3, 0.4) is 0 Å². The van der Waals surface area contributed by atoms with E-state index >= 15 is 0 Å². The van der Waals surface area contributed by atoms with Gasteiger partial charge in [0, 0.05) is 19.8 Å². The quantitative estimate of drug-likeness (QED) is 0.687. The molecule has 0 fully saturated rings. The lowest BCUT2D eigenvalue weighted by Gasteiger charge is -2.17. The second kappa shape index (κ2) is 4.70. The average Bonchev–Trinajstić information content (AvgIpc) is 2.17. The first-order chi connectivity index (χ1) is 7.00. The largest absolute Gasteiger partial charge is 0.392 e. The summed E-state index contributed by atoms with van der Waals surface area (Å²) in [6.07, 6.45) is 1.70. The molecule has 2 N–H and O–H groups in total. The monoisotopic (exact) mass is 211 g/mol. The van der Waals surface area contributed by atoms with Crippen LogP contribution in [-0.4, -0.2) is 45.6 Å². The summed E-state index contributed by atoms with van der Waals surface area (Å²) >= 11 is 0. The van der Waals surface area contributed by atoms with Crippen molar-refractivity contribution in [1.29, 1.82) is 0 Å². The summed E-state index contributed by atoms with van der Waals surface area (Å²) in [6.45, 7) is 1.81. The van der Waals surface area contributed by atoms with Crippen molar-refractivity contribution in [3.8, 4) is 0 Å². The molecule has 0 saturated heterocycles. The van der Waals surface area contributed by atoms with Gasteiger partial charge < -0.3 is 15.0 Å². The molecule has 1 aromatic rings. The average molecular weight is 211 g/mol. The van der Waals surface area contributed by atoms with E-state index in [0.29, 0.717) is 0 Å². The van der Waals surface area contributed by atoms with Crippen molar-refractivity contribution >= 4 is 5.91 Å². The van der Waals surface area contributed by atoms with E-state index in [9.17, 15) is 9.59 Å². The van der Waals surface area contributed by atoms with Crippen LogP contribution in [0.4, 0.5) is 0 Å². The number of carbonyl (C=O) groups excluding carboxylic acids is 1. The number of aromatic amines is 1. The van der Waals surface area contributed by atoms with Crippen LogP contribution in [0.2, 0.25) is 0 Å². The Balaban J connectivity index is 2.76. The number of amides is 1. The highest BCUT2D eigenvalue weighted by molar-refractivity contribution is 5.91. The molecule has 6 heteroatoms. The number of aromatic nitrogens is 2. The van der Waals surface area contributed by atoms with Gasteiger partial charge in [0.25, 0.3) is 11.5 Å². The Hall–Kier alpha value is -1.69. The van der Waals surface area contributed by atoms with Gasteiger partial charge in [-0.25, -0.2) is 4.98 Å². The van der Waals surface area contributed by atoms with Gasteiger partial charge in [0.15, 0.2) is 0 Å². The Bertz CT molecular complexity index is 379. The Kier molecular flexibility index (Phi) is 3.56. The zero-order chi connectivity index (χ0) is 11.4. The smallest absolute Gasteiger partial charge is 0.273 e. The van der Waals surface area contributed by atoms with Gasteiger partial charge in [0.05, 0.1) is 12.3 Å². The Morgan fingerprint density at radius 1 is 1.73 bits per heavy atom. The number of nitrogens with zero attached hydrogens (tertiary/aromatic N) is 2. The summed E-state index contributed by atoms with van der Waals surface area (Å²) in [5, 5.41) is 9.09. The summed E-state index contributed by atoms with van der Waals surface area (Å²) in [6, 6.07) is 0. The summed E-state index contributed by atoms with van der Waals surface area (Å²) < 4.78 is 0. The van der Waals surface area contributed by atoms with Crippen molar-refractivity contribution < 1.29 is 9.90 Å². The molecule has 0 bridgehead atoms. The summed E-state index contributed by atoms with van der Waals surface area (Å²) in [7, 11) is 1.56. The van der Waals surface area contributed by atoms with Gasteiger partial charge in [-0.2, -0.15) is 0 Å². The topological polar surface area (TPSA) is 86.3 Å². The number of hydrogen-bond acceptors (Lipinski definition) is 4. The maximum absolute atomic E-state index is 11.6. The first kappa shape index (κ1) is 11.4. The molecule has 0 aliphatic heterocycles. The number of aliphatic hydroxyl groups is 1. The molecule has 1 unspecified atom stereocenters. The predicted molar refractivity (Wildman–Crippen MR) is 53.5 cm³/mol. The zero-order valence-corrected chi connectivity index (χ0v) is 8.60. The third kappa shape index (κ3) is 3.17. The standard InChI is InChI=1S/C9H13N3O3/c1-6(13)5-12(2)9(15)7-3-11-8(14)4-10-7/h3-4,6,13H,5H2,1-2H3,(H,11,14). The molecule has 1 heterocycles. The van der Waals surface area contributed by atoms with Gasteiger partial charge in [0.1, 0.15) is 5.69 Å². The lowest BCUT2D eigenvalue weighted by molar-refractivity contribution is 0.0697. The van der Waals surface area contributed by atoms with E-state index in [-0.39, 0.29) is 23.7 Å². The molecule has 0 aliphatic rings. The summed E-state index contributed by atoms with van der Waals surface area (Å²) in [4.78, 5) is 29.7. The number of carbonyl (C=O) groups is 1. The number of aliphatic hydroxyl groups excluding tert-OH is 1. The van der Waals surface area contributed by atoms with Crippen LogP contribution < -0.4 is 5.56 Å². The van der Waals surface area contributed by atoms with E-state index < -0.39 is 6.10 Å². The molecule has 1 aromatic heterocycles. The van der Waals surface area contributed by atoms with Gasteiger partial charge in [-0.15, -0.1) is 0 Å². The maximum Gasteiger partial charge on any atom is 0.273 e. The van der Waals surface area contributed by atoms with Crippen LogP contribution in [-0.2, 0) is 0 Å². The third-order valence-electron chi connectivity index (χ3n) is 1.78. The van der Waals surface area contributed by atoms with Crippen molar-refractivity contribution in [2.45, 2.75) is 13.0 Å². The molecule has 6 nitrogen and oxygen atoms in total. The van der Waals surface area contributed by atoms with Crippen molar-refractivity contribution in [3.05, 3.63) is 28.4 Å². The summed E-state index contributed by atoms with van der Waals surface area (Å²) in [5.41, 5.74) is -0.206. The molecule has 0 spiro atoms. The van der Waals surface area contributed by atoms with E-state index in [1.165, 1.54) is 11.1 Å². The van der Waals surface area contributed by atoms with Crippen LogP contribution in [0.15, 0.2) is 17.2 Å². The number of rotatable bonds is 3. The second-order valence-electron chi connectivity index (χ2n) is 3.33. The second-order valence-corrected chi connectivity index (χ2v) is 3.33. The molecular formula is C9H13N3O3. The minimum absolute atomic E-state index is 0.151. The predicted octanol–water partition coefficient (Wildman–Crippen LogP) is -0.777. The van der Waals surface area contributed by atoms with Gasteiger partial charge in [-0.1, -0.05) is 0 Å². The SMILES string of the molecule is CC(O)CN(C)C(=O)c1c[nH]c(=O)cn1. The summed E-state index contributed by atoms with van der Waals surface area (Å²) in [5.74, 6) is -0.341.